The number of carboxylic acids is 1. The minimum Gasteiger partial charge on any atom is -0.480 e. The summed E-state index contributed by atoms with van der Waals surface area (Å²) in [6.45, 7) is 1.68. The van der Waals surface area contributed by atoms with Crippen molar-refractivity contribution in [3.63, 3.8) is 0 Å². The Labute approximate surface area is 86.4 Å². The average molecular weight is 209 g/mol. The molecule has 0 saturated heterocycles. The lowest BCUT2D eigenvalue weighted by Gasteiger charge is -2.11. The van der Waals surface area contributed by atoms with Crippen molar-refractivity contribution in [2.24, 2.45) is 0 Å². The van der Waals surface area contributed by atoms with Gasteiger partial charge in [0, 0.05) is 12.4 Å². The standard InChI is InChI=1S/C9H11N3O3/c1-2-6(9(14)15)12-8(13)7-5-10-3-4-11-7/h3-6H,2H2,1H3,(H,12,13)(H,14,15)/t6-/m1/s1. The molecule has 80 valence electrons. The van der Waals surface area contributed by atoms with Crippen LogP contribution in [0.15, 0.2) is 18.6 Å². The molecule has 0 radical (unpaired) electrons. The minimum absolute atomic E-state index is 0.109. The zero-order valence-electron chi connectivity index (χ0n) is 8.17. The lowest BCUT2D eigenvalue weighted by Crippen LogP contribution is -2.40. The zero-order chi connectivity index (χ0) is 11.3. The van der Waals surface area contributed by atoms with Gasteiger partial charge in [0.1, 0.15) is 11.7 Å². The smallest absolute Gasteiger partial charge is 0.326 e. The van der Waals surface area contributed by atoms with Crippen molar-refractivity contribution in [3.05, 3.63) is 24.3 Å². The Kier molecular flexibility index (Phi) is 3.73. The van der Waals surface area contributed by atoms with E-state index in [4.69, 9.17) is 5.11 Å². The van der Waals surface area contributed by atoms with Gasteiger partial charge in [-0.2, -0.15) is 0 Å². The van der Waals surface area contributed by atoms with Gasteiger partial charge in [0.15, 0.2) is 0 Å². The van der Waals surface area contributed by atoms with Crippen molar-refractivity contribution in [3.8, 4) is 0 Å². The molecular weight excluding hydrogens is 198 g/mol. The number of carbonyl (C=O) groups is 2. The van der Waals surface area contributed by atoms with Gasteiger partial charge in [-0.15, -0.1) is 0 Å². The molecule has 1 amide bonds. The molecule has 6 nitrogen and oxygen atoms in total. The Bertz CT molecular complexity index is 353. The summed E-state index contributed by atoms with van der Waals surface area (Å²) < 4.78 is 0. The van der Waals surface area contributed by atoms with Crippen LogP contribution in [0.2, 0.25) is 0 Å². The maximum atomic E-state index is 11.4. The second-order valence-corrected chi connectivity index (χ2v) is 2.86. The van der Waals surface area contributed by atoms with E-state index in [2.05, 4.69) is 15.3 Å². The van der Waals surface area contributed by atoms with Crippen LogP contribution in [0.25, 0.3) is 0 Å². The molecule has 6 heteroatoms. The number of carbonyl (C=O) groups excluding carboxylic acids is 1. The molecule has 1 aromatic rings. The predicted octanol–water partition coefficient (Wildman–Crippen LogP) is 0.0696. The fourth-order valence-electron chi connectivity index (χ4n) is 0.987. The van der Waals surface area contributed by atoms with Crippen molar-refractivity contribution >= 4 is 11.9 Å². The monoisotopic (exact) mass is 209 g/mol. The molecule has 0 saturated carbocycles. The Morgan fingerprint density at radius 1 is 1.53 bits per heavy atom. The Morgan fingerprint density at radius 3 is 2.73 bits per heavy atom. The lowest BCUT2D eigenvalue weighted by atomic mass is 10.2. The highest BCUT2D eigenvalue weighted by atomic mass is 16.4. The highest BCUT2D eigenvalue weighted by Gasteiger charge is 2.18. The van der Waals surface area contributed by atoms with Crippen LogP contribution in [0.3, 0.4) is 0 Å². The first-order valence-electron chi connectivity index (χ1n) is 4.44. The van der Waals surface area contributed by atoms with E-state index < -0.39 is 17.9 Å². The average Bonchev–Trinajstić information content (AvgIpc) is 2.26. The van der Waals surface area contributed by atoms with E-state index in [0.29, 0.717) is 6.42 Å². The third kappa shape index (κ3) is 3.01. The molecule has 1 rings (SSSR count). The summed E-state index contributed by atoms with van der Waals surface area (Å²) >= 11 is 0. The summed E-state index contributed by atoms with van der Waals surface area (Å²) in [4.78, 5) is 29.6. The highest BCUT2D eigenvalue weighted by Crippen LogP contribution is 1.95. The zero-order valence-corrected chi connectivity index (χ0v) is 8.17. The van der Waals surface area contributed by atoms with Crippen molar-refractivity contribution in [1.29, 1.82) is 0 Å². The van der Waals surface area contributed by atoms with Gasteiger partial charge >= 0.3 is 5.97 Å². The maximum absolute atomic E-state index is 11.4. The van der Waals surface area contributed by atoms with Crippen molar-refractivity contribution in [2.45, 2.75) is 19.4 Å². The van der Waals surface area contributed by atoms with Gasteiger partial charge in [0.05, 0.1) is 6.20 Å². The molecule has 1 aromatic heterocycles. The number of aromatic nitrogens is 2. The molecule has 2 N–H and O–H groups in total. The third-order valence-corrected chi connectivity index (χ3v) is 1.81. The summed E-state index contributed by atoms with van der Waals surface area (Å²) in [5.74, 6) is -1.59. The van der Waals surface area contributed by atoms with Crippen LogP contribution in [0.5, 0.6) is 0 Å². The molecule has 15 heavy (non-hydrogen) atoms. The number of rotatable bonds is 4. The van der Waals surface area contributed by atoms with Gasteiger partial charge in [-0.05, 0) is 6.42 Å². The predicted molar refractivity (Wildman–Crippen MR) is 51.2 cm³/mol. The van der Waals surface area contributed by atoms with Gasteiger partial charge in [0.2, 0.25) is 0 Å². The number of aliphatic carboxylic acids is 1. The number of nitrogens with zero attached hydrogens (tertiary/aromatic N) is 2. The number of nitrogens with one attached hydrogen (secondary N) is 1. The largest absolute Gasteiger partial charge is 0.480 e. The van der Waals surface area contributed by atoms with Crippen LogP contribution in [-0.2, 0) is 4.79 Å². The molecule has 0 aliphatic heterocycles. The van der Waals surface area contributed by atoms with E-state index in [1.165, 1.54) is 18.6 Å². The van der Waals surface area contributed by atoms with E-state index >= 15 is 0 Å². The Balaban J connectivity index is 2.67. The number of hydrogen-bond donors (Lipinski definition) is 2. The summed E-state index contributed by atoms with van der Waals surface area (Å²) in [5, 5.41) is 11.1. The molecule has 0 fully saturated rings. The summed E-state index contributed by atoms with van der Waals surface area (Å²) in [7, 11) is 0. The fraction of sp³-hybridized carbons (Fsp3) is 0.333. The molecule has 0 bridgehead atoms. The van der Waals surface area contributed by atoms with Crippen LogP contribution < -0.4 is 5.32 Å². The SMILES string of the molecule is CC[C@@H](NC(=O)c1cnccn1)C(=O)O. The summed E-state index contributed by atoms with van der Waals surface area (Å²) in [6.07, 6.45) is 4.41. The van der Waals surface area contributed by atoms with Crippen LogP contribution in [0, 0.1) is 0 Å². The van der Waals surface area contributed by atoms with E-state index in [0.717, 1.165) is 0 Å². The molecule has 0 aliphatic carbocycles. The lowest BCUT2D eigenvalue weighted by molar-refractivity contribution is -0.139. The second kappa shape index (κ2) is 5.04. The Morgan fingerprint density at radius 2 is 2.27 bits per heavy atom. The van der Waals surface area contributed by atoms with Crippen LogP contribution in [0.1, 0.15) is 23.8 Å². The van der Waals surface area contributed by atoms with Gasteiger partial charge in [-0.25, -0.2) is 9.78 Å². The molecule has 0 unspecified atom stereocenters. The molecule has 1 atom stereocenters. The number of carboxylic acid groups (broad SMARTS) is 1. The van der Waals surface area contributed by atoms with E-state index in [1.54, 1.807) is 6.92 Å². The number of hydrogen-bond acceptors (Lipinski definition) is 4. The molecular formula is C9H11N3O3. The van der Waals surface area contributed by atoms with Gasteiger partial charge in [0.25, 0.3) is 5.91 Å². The van der Waals surface area contributed by atoms with Crippen molar-refractivity contribution in [2.75, 3.05) is 0 Å². The molecule has 0 aliphatic rings. The Hall–Kier alpha value is -1.98. The van der Waals surface area contributed by atoms with Crippen molar-refractivity contribution < 1.29 is 14.7 Å². The summed E-state index contributed by atoms with van der Waals surface area (Å²) in [5.41, 5.74) is 0.109. The molecule has 0 aromatic carbocycles. The molecule has 1 heterocycles. The first-order valence-corrected chi connectivity index (χ1v) is 4.44. The van der Waals surface area contributed by atoms with E-state index in [9.17, 15) is 9.59 Å². The van der Waals surface area contributed by atoms with Gasteiger partial charge < -0.3 is 10.4 Å². The first-order chi connectivity index (χ1) is 7.15. The molecule has 0 spiro atoms. The van der Waals surface area contributed by atoms with Gasteiger partial charge in [-0.3, -0.25) is 9.78 Å². The third-order valence-electron chi connectivity index (χ3n) is 1.81. The number of amides is 1. The van der Waals surface area contributed by atoms with E-state index in [-0.39, 0.29) is 5.69 Å². The quantitative estimate of drug-likeness (QED) is 0.732. The summed E-state index contributed by atoms with van der Waals surface area (Å²) in [6, 6.07) is -0.889. The second-order valence-electron chi connectivity index (χ2n) is 2.86. The topological polar surface area (TPSA) is 92.2 Å². The van der Waals surface area contributed by atoms with Crippen LogP contribution >= 0.6 is 0 Å². The van der Waals surface area contributed by atoms with Crippen molar-refractivity contribution in [1.82, 2.24) is 15.3 Å². The maximum Gasteiger partial charge on any atom is 0.326 e. The van der Waals surface area contributed by atoms with Gasteiger partial charge in [-0.1, -0.05) is 6.92 Å². The van der Waals surface area contributed by atoms with E-state index in [1.807, 2.05) is 0 Å². The normalized spacial score (nSPS) is 11.8. The van der Waals surface area contributed by atoms with Crippen LogP contribution in [0.4, 0.5) is 0 Å². The highest BCUT2D eigenvalue weighted by molar-refractivity contribution is 5.94. The minimum atomic E-state index is -1.06. The fourth-order valence-corrected chi connectivity index (χ4v) is 0.987. The first kappa shape index (κ1) is 11.1. The van der Waals surface area contributed by atoms with Crippen LogP contribution in [-0.4, -0.2) is 33.0 Å².